The van der Waals surface area contributed by atoms with Crippen LogP contribution < -0.4 is 9.88 Å². The Bertz CT molecular complexity index is 489. The minimum absolute atomic E-state index is 0.118. The number of anilines is 1. The lowest BCUT2D eigenvalue weighted by Crippen LogP contribution is -2.30. The van der Waals surface area contributed by atoms with Crippen molar-refractivity contribution in [3.8, 4) is 0 Å². The number of amides is 1. The Morgan fingerprint density at radius 1 is 1.64 bits per heavy atom. The molecule has 0 aromatic carbocycles. The van der Waals surface area contributed by atoms with E-state index in [1.165, 1.54) is 6.92 Å². The van der Waals surface area contributed by atoms with Crippen LogP contribution in [0.15, 0.2) is 18.5 Å². The smallest absolute Gasteiger partial charge is 0.305 e. The first-order valence-corrected chi connectivity index (χ1v) is 4.28. The summed E-state index contributed by atoms with van der Waals surface area (Å²) in [5, 5.41) is 2.64. The highest BCUT2D eigenvalue weighted by atomic mass is 16.1. The van der Waals surface area contributed by atoms with Crippen molar-refractivity contribution in [2.75, 3.05) is 5.32 Å². The molecule has 2 heterocycles. The quantitative estimate of drug-likeness (QED) is 0.639. The van der Waals surface area contributed by atoms with Crippen LogP contribution >= 0.6 is 0 Å². The van der Waals surface area contributed by atoms with E-state index in [1.54, 1.807) is 6.20 Å². The van der Waals surface area contributed by atoms with Gasteiger partial charge < -0.3 is 5.32 Å². The van der Waals surface area contributed by atoms with Gasteiger partial charge in [-0.25, -0.2) is 14.5 Å². The van der Waals surface area contributed by atoms with Crippen LogP contribution in [-0.2, 0) is 11.8 Å². The first-order chi connectivity index (χ1) is 6.66. The van der Waals surface area contributed by atoms with Crippen molar-refractivity contribution in [1.82, 2.24) is 9.97 Å². The number of aromatic nitrogens is 3. The summed E-state index contributed by atoms with van der Waals surface area (Å²) in [6.45, 7) is 1.46. The molecule has 0 saturated carbocycles. The maximum absolute atomic E-state index is 10.8. The lowest BCUT2D eigenvalue weighted by Gasteiger charge is -2.00. The molecule has 0 bridgehead atoms. The van der Waals surface area contributed by atoms with Crippen LogP contribution in [0.4, 0.5) is 5.82 Å². The highest BCUT2D eigenvalue weighted by Gasteiger charge is 2.09. The molecule has 0 atom stereocenters. The molecule has 2 aromatic rings. The van der Waals surface area contributed by atoms with Crippen LogP contribution in [0.5, 0.6) is 0 Å². The molecule has 0 spiro atoms. The lowest BCUT2D eigenvalue weighted by atomic mass is 10.5. The first kappa shape index (κ1) is 8.68. The molecule has 0 radical (unpaired) electrons. The highest BCUT2D eigenvalue weighted by molar-refractivity contribution is 5.88. The number of fused-ring (bicyclic) bond motifs is 1. The topological polar surface area (TPSA) is 61.7 Å². The van der Waals surface area contributed by atoms with Crippen LogP contribution in [0.2, 0.25) is 0 Å². The Morgan fingerprint density at radius 3 is 3.14 bits per heavy atom. The molecule has 2 N–H and O–H groups in total. The van der Waals surface area contributed by atoms with Crippen molar-refractivity contribution in [3.63, 3.8) is 0 Å². The van der Waals surface area contributed by atoms with E-state index in [-0.39, 0.29) is 5.91 Å². The molecule has 0 unspecified atom stereocenters. The third-order valence-electron chi connectivity index (χ3n) is 1.92. The molecular weight excluding hydrogens is 180 g/mol. The molecule has 0 saturated heterocycles. The minimum Gasteiger partial charge on any atom is -0.308 e. The molecule has 1 amide bonds. The summed E-state index contributed by atoms with van der Waals surface area (Å²) in [4.78, 5) is 18.1. The summed E-state index contributed by atoms with van der Waals surface area (Å²) >= 11 is 0. The summed E-state index contributed by atoms with van der Waals surface area (Å²) in [5.74, 6) is 0.444. The van der Waals surface area contributed by atoms with Crippen LogP contribution in [0, 0.1) is 0 Å². The second-order valence-corrected chi connectivity index (χ2v) is 3.13. The van der Waals surface area contributed by atoms with Gasteiger partial charge in [-0.1, -0.05) is 0 Å². The molecule has 2 aromatic heterocycles. The molecule has 0 aliphatic heterocycles. The number of rotatable bonds is 1. The Balaban J connectivity index is 2.53. The van der Waals surface area contributed by atoms with Gasteiger partial charge in [0.2, 0.25) is 5.91 Å². The van der Waals surface area contributed by atoms with Gasteiger partial charge in [0.05, 0.1) is 13.2 Å². The molecule has 0 aliphatic carbocycles. The van der Waals surface area contributed by atoms with E-state index in [4.69, 9.17) is 0 Å². The molecule has 5 nitrogen and oxygen atoms in total. The highest BCUT2D eigenvalue weighted by Crippen LogP contribution is 2.07. The Kier molecular flexibility index (Phi) is 1.92. The van der Waals surface area contributed by atoms with Crippen molar-refractivity contribution >= 4 is 22.9 Å². The third kappa shape index (κ3) is 1.44. The number of hydrogen-bond donors (Lipinski definition) is 2. The van der Waals surface area contributed by atoms with Crippen LogP contribution in [0.1, 0.15) is 6.92 Å². The standard InChI is InChI=1S/C9H10N4O/c1-6(14)11-8-5-13(2)9-7(12-8)3-4-10-9/h3-5H,1-2H3,(H,11,14)/p+1. The first-order valence-electron chi connectivity index (χ1n) is 4.28. The van der Waals surface area contributed by atoms with Crippen LogP contribution in [-0.4, -0.2) is 15.9 Å². The van der Waals surface area contributed by atoms with Crippen molar-refractivity contribution in [3.05, 3.63) is 18.5 Å². The molecule has 72 valence electrons. The molecule has 5 heteroatoms. The number of aromatic amines is 1. The number of H-pyrrole nitrogens is 1. The zero-order valence-electron chi connectivity index (χ0n) is 8.03. The van der Waals surface area contributed by atoms with E-state index in [9.17, 15) is 4.79 Å². The van der Waals surface area contributed by atoms with Crippen molar-refractivity contribution in [1.29, 1.82) is 0 Å². The number of carbonyl (C=O) groups excluding carboxylic acids is 1. The summed E-state index contributed by atoms with van der Waals surface area (Å²) in [6.07, 6.45) is 3.58. The van der Waals surface area contributed by atoms with Crippen molar-refractivity contribution in [2.45, 2.75) is 6.92 Å². The molecule has 0 fully saturated rings. The zero-order valence-corrected chi connectivity index (χ0v) is 8.03. The predicted molar refractivity (Wildman–Crippen MR) is 51.6 cm³/mol. The van der Waals surface area contributed by atoms with Crippen molar-refractivity contribution in [2.24, 2.45) is 7.05 Å². The summed E-state index contributed by atoms with van der Waals surface area (Å²) in [7, 11) is 1.89. The van der Waals surface area contributed by atoms with E-state index >= 15 is 0 Å². The van der Waals surface area contributed by atoms with E-state index in [0.717, 1.165) is 11.2 Å². The largest absolute Gasteiger partial charge is 0.308 e. The third-order valence-corrected chi connectivity index (χ3v) is 1.92. The minimum atomic E-state index is -0.118. The van der Waals surface area contributed by atoms with Gasteiger partial charge in [0.15, 0.2) is 11.3 Å². The fourth-order valence-corrected chi connectivity index (χ4v) is 1.37. The van der Waals surface area contributed by atoms with Gasteiger partial charge in [0, 0.05) is 13.0 Å². The Hall–Kier alpha value is -1.91. The van der Waals surface area contributed by atoms with E-state index < -0.39 is 0 Å². The van der Waals surface area contributed by atoms with Gasteiger partial charge in [0.1, 0.15) is 6.20 Å². The number of aryl methyl sites for hydroxylation is 1. The molecule has 0 aliphatic rings. The number of hydrogen-bond acceptors (Lipinski definition) is 2. The number of nitrogens with one attached hydrogen (secondary N) is 2. The fraction of sp³-hybridized carbons (Fsp3) is 0.222. The van der Waals surface area contributed by atoms with Gasteiger partial charge in [-0.2, -0.15) is 0 Å². The Morgan fingerprint density at radius 2 is 2.43 bits per heavy atom. The van der Waals surface area contributed by atoms with Crippen molar-refractivity contribution < 1.29 is 9.36 Å². The summed E-state index contributed by atoms with van der Waals surface area (Å²) in [6, 6.07) is 1.86. The summed E-state index contributed by atoms with van der Waals surface area (Å²) in [5.41, 5.74) is 1.76. The van der Waals surface area contributed by atoms with Gasteiger partial charge in [0.25, 0.3) is 0 Å². The monoisotopic (exact) mass is 191 g/mol. The number of carbonyl (C=O) groups is 1. The molecule has 14 heavy (non-hydrogen) atoms. The average Bonchev–Trinajstić information content (AvgIpc) is 2.50. The normalized spacial score (nSPS) is 10.4. The van der Waals surface area contributed by atoms with Crippen LogP contribution in [0.25, 0.3) is 11.2 Å². The van der Waals surface area contributed by atoms with Gasteiger partial charge in [-0.05, 0) is 0 Å². The van der Waals surface area contributed by atoms with Crippen LogP contribution in [0.3, 0.4) is 0 Å². The number of nitrogens with zero attached hydrogens (tertiary/aromatic N) is 2. The molecular formula is C9H11N4O+. The SMILES string of the molecule is CC(=O)Nc1c[n+](C)c2[nH]ccc2n1. The Labute approximate surface area is 80.8 Å². The second-order valence-electron chi connectivity index (χ2n) is 3.13. The second kappa shape index (κ2) is 3.10. The van der Waals surface area contributed by atoms with E-state index in [1.807, 2.05) is 23.9 Å². The maximum Gasteiger partial charge on any atom is 0.305 e. The van der Waals surface area contributed by atoms with Gasteiger partial charge >= 0.3 is 5.65 Å². The summed E-state index contributed by atoms with van der Waals surface area (Å²) < 4.78 is 1.88. The average molecular weight is 191 g/mol. The molecule has 2 rings (SSSR count). The van der Waals surface area contributed by atoms with E-state index in [2.05, 4.69) is 15.3 Å². The van der Waals surface area contributed by atoms with Gasteiger partial charge in [-0.3, -0.25) is 4.79 Å². The zero-order chi connectivity index (χ0) is 10.1. The predicted octanol–water partition coefficient (Wildman–Crippen LogP) is 0.346. The fourth-order valence-electron chi connectivity index (χ4n) is 1.37. The van der Waals surface area contributed by atoms with Gasteiger partial charge in [-0.15, -0.1) is 0 Å². The van der Waals surface area contributed by atoms with E-state index in [0.29, 0.717) is 5.82 Å². The lowest BCUT2D eigenvalue weighted by molar-refractivity contribution is -0.646. The maximum atomic E-state index is 10.8.